The van der Waals surface area contributed by atoms with Crippen molar-refractivity contribution in [2.75, 3.05) is 32.8 Å². The number of hydrogen-bond donors (Lipinski definition) is 1. The van der Waals surface area contributed by atoms with Gasteiger partial charge in [0.2, 0.25) is 0 Å². The molecular formula is C13H19ClN2O. The maximum Gasteiger partial charge on any atom is 0.119 e. The van der Waals surface area contributed by atoms with E-state index in [0.717, 1.165) is 49.1 Å². The third-order valence-electron chi connectivity index (χ3n) is 2.93. The molecule has 17 heavy (non-hydrogen) atoms. The van der Waals surface area contributed by atoms with Crippen LogP contribution in [-0.4, -0.2) is 37.7 Å². The molecule has 0 aromatic heterocycles. The van der Waals surface area contributed by atoms with Gasteiger partial charge in [0.05, 0.1) is 6.61 Å². The number of ether oxygens (including phenoxy) is 1. The maximum absolute atomic E-state index is 6.22. The number of hydrogen-bond acceptors (Lipinski definition) is 3. The lowest BCUT2D eigenvalue weighted by Gasteiger charge is -2.27. The molecule has 1 aromatic carbocycles. The topological polar surface area (TPSA) is 24.5 Å². The number of nitrogens with one attached hydrogen (secondary N) is 1. The van der Waals surface area contributed by atoms with Crippen LogP contribution in [0.4, 0.5) is 0 Å². The average Bonchev–Trinajstić information content (AvgIpc) is 2.35. The van der Waals surface area contributed by atoms with Gasteiger partial charge in [0.1, 0.15) is 5.75 Å². The smallest absolute Gasteiger partial charge is 0.119 e. The highest BCUT2D eigenvalue weighted by Crippen LogP contribution is 2.23. The van der Waals surface area contributed by atoms with E-state index in [1.807, 2.05) is 25.1 Å². The third kappa shape index (κ3) is 3.60. The van der Waals surface area contributed by atoms with Crippen molar-refractivity contribution in [3.8, 4) is 5.75 Å². The average molecular weight is 255 g/mol. The quantitative estimate of drug-likeness (QED) is 0.891. The fraction of sp³-hybridized carbons (Fsp3) is 0.538. The summed E-state index contributed by atoms with van der Waals surface area (Å²) in [6.07, 6.45) is 0. The number of piperazine rings is 1. The van der Waals surface area contributed by atoms with Gasteiger partial charge in [-0.15, -0.1) is 0 Å². The molecule has 1 fully saturated rings. The van der Waals surface area contributed by atoms with Crippen LogP contribution in [0.5, 0.6) is 5.75 Å². The van der Waals surface area contributed by atoms with E-state index in [9.17, 15) is 0 Å². The van der Waals surface area contributed by atoms with Crippen molar-refractivity contribution in [1.82, 2.24) is 10.2 Å². The molecule has 0 radical (unpaired) electrons. The highest BCUT2D eigenvalue weighted by Gasteiger charge is 2.12. The van der Waals surface area contributed by atoms with E-state index in [1.165, 1.54) is 0 Å². The minimum Gasteiger partial charge on any atom is -0.494 e. The van der Waals surface area contributed by atoms with E-state index in [1.54, 1.807) is 0 Å². The first-order valence-electron chi connectivity index (χ1n) is 6.14. The van der Waals surface area contributed by atoms with E-state index in [0.29, 0.717) is 6.61 Å². The Kier molecular flexibility index (Phi) is 4.66. The van der Waals surface area contributed by atoms with Gasteiger partial charge in [-0.1, -0.05) is 11.6 Å². The number of halogens is 1. The molecule has 2 rings (SSSR count). The summed E-state index contributed by atoms with van der Waals surface area (Å²) in [6, 6.07) is 5.89. The molecule has 94 valence electrons. The summed E-state index contributed by atoms with van der Waals surface area (Å²) in [4.78, 5) is 2.41. The second kappa shape index (κ2) is 6.24. The molecule has 0 aliphatic carbocycles. The fourth-order valence-corrected chi connectivity index (χ4v) is 2.22. The second-order valence-corrected chi connectivity index (χ2v) is 4.62. The first-order chi connectivity index (χ1) is 8.29. The van der Waals surface area contributed by atoms with E-state index in [2.05, 4.69) is 10.2 Å². The summed E-state index contributed by atoms with van der Waals surface area (Å²) < 4.78 is 5.50. The van der Waals surface area contributed by atoms with Gasteiger partial charge in [0, 0.05) is 37.7 Å². The van der Waals surface area contributed by atoms with Gasteiger partial charge in [-0.2, -0.15) is 0 Å². The molecule has 0 bridgehead atoms. The van der Waals surface area contributed by atoms with Crippen molar-refractivity contribution in [1.29, 1.82) is 0 Å². The minimum atomic E-state index is 0.689. The predicted octanol–water partition coefficient (Wildman–Crippen LogP) is 2.14. The highest BCUT2D eigenvalue weighted by molar-refractivity contribution is 6.31. The van der Waals surface area contributed by atoms with E-state index < -0.39 is 0 Å². The lowest BCUT2D eigenvalue weighted by molar-refractivity contribution is 0.233. The molecule has 0 amide bonds. The molecule has 1 N–H and O–H groups in total. The highest BCUT2D eigenvalue weighted by atomic mass is 35.5. The van der Waals surface area contributed by atoms with Crippen molar-refractivity contribution in [2.45, 2.75) is 13.5 Å². The predicted molar refractivity (Wildman–Crippen MR) is 70.8 cm³/mol. The Balaban J connectivity index is 2.04. The molecular weight excluding hydrogens is 236 g/mol. The van der Waals surface area contributed by atoms with Gasteiger partial charge >= 0.3 is 0 Å². The molecule has 1 aliphatic rings. The van der Waals surface area contributed by atoms with E-state index >= 15 is 0 Å². The van der Waals surface area contributed by atoms with Crippen molar-refractivity contribution in [2.24, 2.45) is 0 Å². The molecule has 0 saturated carbocycles. The Bertz CT molecular complexity index is 364. The van der Waals surface area contributed by atoms with Crippen LogP contribution >= 0.6 is 11.6 Å². The molecule has 1 saturated heterocycles. The zero-order valence-electron chi connectivity index (χ0n) is 10.2. The van der Waals surface area contributed by atoms with Crippen LogP contribution in [0.25, 0.3) is 0 Å². The standard InChI is InChI=1S/C13H19ClN2O/c1-2-17-12-3-4-13(14)11(9-12)10-16-7-5-15-6-8-16/h3-4,9,15H,2,5-8,10H2,1H3. The van der Waals surface area contributed by atoms with Crippen LogP contribution < -0.4 is 10.1 Å². The monoisotopic (exact) mass is 254 g/mol. The molecule has 3 nitrogen and oxygen atoms in total. The molecule has 4 heteroatoms. The Morgan fingerprint density at radius 3 is 2.82 bits per heavy atom. The van der Waals surface area contributed by atoms with Crippen LogP contribution in [0.2, 0.25) is 5.02 Å². The molecule has 1 heterocycles. The SMILES string of the molecule is CCOc1ccc(Cl)c(CN2CCNCC2)c1. The normalized spacial score (nSPS) is 17.1. The lowest BCUT2D eigenvalue weighted by Crippen LogP contribution is -2.42. The number of benzene rings is 1. The van der Waals surface area contributed by atoms with Gasteiger partial charge in [-0.3, -0.25) is 4.90 Å². The Labute approximate surface area is 108 Å². The summed E-state index contributed by atoms with van der Waals surface area (Å²) >= 11 is 6.22. The maximum atomic E-state index is 6.22. The van der Waals surface area contributed by atoms with Gasteiger partial charge in [0.25, 0.3) is 0 Å². The van der Waals surface area contributed by atoms with E-state index in [-0.39, 0.29) is 0 Å². The van der Waals surface area contributed by atoms with Gasteiger partial charge in [0.15, 0.2) is 0 Å². The summed E-state index contributed by atoms with van der Waals surface area (Å²) in [6.45, 7) is 7.86. The van der Waals surface area contributed by atoms with Crippen LogP contribution in [0.3, 0.4) is 0 Å². The van der Waals surface area contributed by atoms with Gasteiger partial charge in [-0.25, -0.2) is 0 Å². The van der Waals surface area contributed by atoms with Crippen molar-refractivity contribution >= 4 is 11.6 Å². The lowest BCUT2D eigenvalue weighted by atomic mass is 10.2. The van der Waals surface area contributed by atoms with Crippen molar-refractivity contribution in [3.05, 3.63) is 28.8 Å². The van der Waals surface area contributed by atoms with Gasteiger partial charge in [-0.05, 0) is 30.7 Å². The van der Waals surface area contributed by atoms with Crippen LogP contribution in [-0.2, 0) is 6.54 Å². The van der Waals surface area contributed by atoms with Crippen molar-refractivity contribution in [3.63, 3.8) is 0 Å². The van der Waals surface area contributed by atoms with Crippen LogP contribution in [0.1, 0.15) is 12.5 Å². The Morgan fingerprint density at radius 2 is 2.12 bits per heavy atom. The van der Waals surface area contributed by atoms with Crippen LogP contribution in [0.15, 0.2) is 18.2 Å². The van der Waals surface area contributed by atoms with E-state index in [4.69, 9.17) is 16.3 Å². The number of rotatable bonds is 4. The van der Waals surface area contributed by atoms with Crippen molar-refractivity contribution < 1.29 is 4.74 Å². The summed E-state index contributed by atoms with van der Waals surface area (Å²) in [5.41, 5.74) is 1.15. The number of nitrogens with zero attached hydrogens (tertiary/aromatic N) is 1. The zero-order chi connectivity index (χ0) is 12.1. The molecule has 0 unspecified atom stereocenters. The Hall–Kier alpha value is -0.770. The van der Waals surface area contributed by atoms with Gasteiger partial charge < -0.3 is 10.1 Å². The minimum absolute atomic E-state index is 0.689. The second-order valence-electron chi connectivity index (χ2n) is 4.21. The molecule has 1 aromatic rings. The first kappa shape index (κ1) is 12.7. The molecule has 0 atom stereocenters. The Morgan fingerprint density at radius 1 is 1.35 bits per heavy atom. The van der Waals surface area contributed by atoms with Crippen LogP contribution in [0, 0.1) is 0 Å². The molecule has 1 aliphatic heterocycles. The summed E-state index contributed by atoms with van der Waals surface area (Å²) in [7, 11) is 0. The zero-order valence-corrected chi connectivity index (χ0v) is 11.0. The fourth-order valence-electron chi connectivity index (χ4n) is 2.04. The molecule has 0 spiro atoms. The summed E-state index contributed by atoms with van der Waals surface area (Å²) in [5.74, 6) is 0.905. The third-order valence-corrected chi connectivity index (χ3v) is 3.30. The summed E-state index contributed by atoms with van der Waals surface area (Å²) in [5, 5.41) is 4.17. The largest absolute Gasteiger partial charge is 0.494 e. The first-order valence-corrected chi connectivity index (χ1v) is 6.51.